The Balaban J connectivity index is 0.00000361. The SMILES string of the molecule is CCC(C)C(=O)N1CCCC(C(=O)NCCCN)C1.Cl. The Morgan fingerprint density at radius 2 is 2.15 bits per heavy atom. The van der Waals surface area contributed by atoms with Crippen LogP contribution in [0.2, 0.25) is 0 Å². The van der Waals surface area contributed by atoms with E-state index in [9.17, 15) is 9.59 Å². The van der Waals surface area contributed by atoms with Gasteiger partial charge in [0.15, 0.2) is 0 Å². The zero-order valence-electron chi connectivity index (χ0n) is 12.6. The predicted molar refractivity (Wildman–Crippen MR) is 82.7 cm³/mol. The Morgan fingerprint density at radius 1 is 1.45 bits per heavy atom. The van der Waals surface area contributed by atoms with Crippen LogP contribution in [0.25, 0.3) is 0 Å². The topological polar surface area (TPSA) is 75.4 Å². The van der Waals surface area contributed by atoms with Gasteiger partial charge in [-0.3, -0.25) is 9.59 Å². The van der Waals surface area contributed by atoms with E-state index in [4.69, 9.17) is 5.73 Å². The van der Waals surface area contributed by atoms with Crippen molar-refractivity contribution in [3.63, 3.8) is 0 Å². The molecule has 2 amide bonds. The van der Waals surface area contributed by atoms with Crippen molar-refractivity contribution in [3.05, 3.63) is 0 Å². The number of hydrogen-bond donors (Lipinski definition) is 2. The molecule has 0 saturated carbocycles. The molecule has 0 spiro atoms. The van der Waals surface area contributed by atoms with E-state index in [0.29, 0.717) is 19.6 Å². The molecule has 118 valence electrons. The summed E-state index contributed by atoms with van der Waals surface area (Å²) in [5.74, 6) is 0.246. The van der Waals surface area contributed by atoms with Crippen molar-refractivity contribution >= 4 is 24.2 Å². The summed E-state index contributed by atoms with van der Waals surface area (Å²) in [6, 6.07) is 0. The van der Waals surface area contributed by atoms with E-state index in [1.54, 1.807) is 0 Å². The van der Waals surface area contributed by atoms with Gasteiger partial charge in [-0.05, 0) is 32.2 Å². The summed E-state index contributed by atoms with van der Waals surface area (Å²) in [4.78, 5) is 26.0. The molecule has 0 aromatic rings. The van der Waals surface area contributed by atoms with Crippen molar-refractivity contribution in [2.24, 2.45) is 17.6 Å². The predicted octanol–water partition coefficient (Wildman–Crippen LogP) is 1.16. The number of piperidine rings is 1. The second kappa shape index (κ2) is 10.00. The molecular weight excluding hydrogens is 278 g/mol. The molecule has 3 N–H and O–H groups in total. The Hall–Kier alpha value is -0.810. The quantitative estimate of drug-likeness (QED) is 0.723. The molecule has 1 aliphatic rings. The first-order valence-electron chi connectivity index (χ1n) is 7.36. The third kappa shape index (κ3) is 5.67. The normalized spacial score (nSPS) is 19.9. The highest BCUT2D eigenvalue weighted by Crippen LogP contribution is 2.19. The van der Waals surface area contributed by atoms with Gasteiger partial charge in [0.2, 0.25) is 11.8 Å². The standard InChI is InChI=1S/C14H27N3O2.ClH/c1-3-11(2)14(19)17-9-4-6-12(10-17)13(18)16-8-5-7-15;/h11-12H,3-10,15H2,1-2H3,(H,16,18);1H. The van der Waals surface area contributed by atoms with E-state index >= 15 is 0 Å². The second-order valence-corrected chi connectivity index (χ2v) is 5.37. The summed E-state index contributed by atoms with van der Waals surface area (Å²) < 4.78 is 0. The Morgan fingerprint density at radius 3 is 2.75 bits per heavy atom. The maximum absolute atomic E-state index is 12.1. The average molecular weight is 306 g/mol. The van der Waals surface area contributed by atoms with E-state index in [1.807, 2.05) is 18.7 Å². The van der Waals surface area contributed by atoms with Crippen LogP contribution < -0.4 is 11.1 Å². The lowest BCUT2D eigenvalue weighted by molar-refractivity contribution is -0.138. The molecule has 1 fully saturated rings. The number of carbonyl (C=O) groups excluding carboxylic acids is 2. The zero-order valence-corrected chi connectivity index (χ0v) is 13.4. The first-order chi connectivity index (χ1) is 9.10. The molecule has 0 radical (unpaired) electrons. The number of carbonyl (C=O) groups is 2. The van der Waals surface area contributed by atoms with Gasteiger partial charge in [0.1, 0.15) is 0 Å². The summed E-state index contributed by atoms with van der Waals surface area (Å²) in [5, 5.41) is 2.90. The van der Waals surface area contributed by atoms with Crippen LogP contribution in [0.1, 0.15) is 39.5 Å². The lowest BCUT2D eigenvalue weighted by atomic mass is 9.95. The molecule has 5 nitrogen and oxygen atoms in total. The maximum atomic E-state index is 12.1. The van der Waals surface area contributed by atoms with Crippen LogP contribution in [-0.4, -0.2) is 42.9 Å². The van der Waals surface area contributed by atoms with Crippen molar-refractivity contribution in [2.75, 3.05) is 26.2 Å². The largest absolute Gasteiger partial charge is 0.356 e. The van der Waals surface area contributed by atoms with Gasteiger partial charge in [0.05, 0.1) is 5.92 Å². The van der Waals surface area contributed by atoms with Crippen molar-refractivity contribution < 1.29 is 9.59 Å². The highest BCUT2D eigenvalue weighted by Gasteiger charge is 2.29. The molecular formula is C14H28ClN3O2. The highest BCUT2D eigenvalue weighted by molar-refractivity contribution is 5.85. The molecule has 2 atom stereocenters. The number of halogens is 1. The van der Waals surface area contributed by atoms with Gasteiger partial charge in [-0.1, -0.05) is 13.8 Å². The van der Waals surface area contributed by atoms with E-state index in [-0.39, 0.29) is 36.1 Å². The van der Waals surface area contributed by atoms with Crippen molar-refractivity contribution in [1.29, 1.82) is 0 Å². The van der Waals surface area contributed by atoms with Crippen molar-refractivity contribution in [2.45, 2.75) is 39.5 Å². The molecule has 0 aromatic carbocycles. The van der Waals surface area contributed by atoms with Gasteiger partial charge in [0, 0.05) is 25.6 Å². The molecule has 0 aromatic heterocycles. The monoisotopic (exact) mass is 305 g/mol. The molecule has 0 aliphatic carbocycles. The number of likely N-dealkylation sites (tertiary alicyclic amines) is 1. The van der Waals surface area contributed by atoms with E-state index in [1.165, 1.54) is 0 Å². The van der Waals surface area contributed by atoms with Crippen LogP contribution in [0.15, 0.2) is 0 Å². The van der Waals surface area contributed by atoms with E-state index in [2.05, 4.69) is 5.32 Å². The van der Waals surface area contributed by atoms with Gasteiger partial charge in [-0.2, -0.15) is 0 Å². The van der Waals surface area contributed by atoms with Gasteiger partial charge in [-0.15, -0.1) is 12.4 Å². The van der Waals surface area contributed by atoms with Crippen molar-refractivity contribution in [1.82, 2.24) is 10.2 Å². The fraction of sp³-hybridized carbons (Fsp3) is 0.857. The molecule has 0 bridgehead atoms. The number of nitrogens with zero attached hydrogens (tertiary/aromatic N) is 1. The summed E-state index contributed by atoms with van der Waals surface area (Å²) in [6.07, 6.45) is 3.44. The van der Waals surface area contributed by atoms with Crippen LogP contribution in [0.3, 0.4) is 0 Å². The van der Waals surface area contributed by atoms with E-state index in [0.717, 1.165) is 32.2 Å². The minimum Gasteiger partial charge on any atom is -0.356 e. The first kappa shape index (κ1) is 19.2. The zero-order chi connectivity index (χ0) is 14.3. The molecule has 1 heterocycles. The van der Waals surface area contributed by atoms with Crippen molar-refractivity contribution in [3.8, 4) is 0 Å². The molecule has 1 aliphatic heterocycles. The number of nitrogens with two attached hydrogens (primary N) is 1. The Bertz CT molecular complexity index is 313. The molecule has 1 rings (SSSR count). The Kier molecular flexibility index (Phi) is 9.59. The molecule has 6 heteroatoms. The number of hydrogen-bond acceptors (Lipinski definition) is 3. The van der Waals surface area contributed by atoms with Gasteiger partial charge in [-0.25, -0.2) is 0 Å². The van der Waals surface area contributed by atoms with Gasteiger partial charge in [0.25, 0.3) is 0 Å². The minimum absolute atomic E-state index is 0. The first-order valence-corrected chi connectivity index (χ1v) is 7.36. The van der Waals surface area contributed by atoms with Crippen LogP contribution in [0.4, 0.5) is 0 Å². The van der Waals surface area contributed by atoms with E-state index < -0.39 is 0 Å². The summed E-state index contributed by atoms with van der Waals surface area (Å²) in [7, 11) is 0. The molecule has 20 heavy (non-hydrogen) atoms. The highest BCUT2D eigenvalue weighted by atomic mass is 35.5. The molecule has 2 unspecified atom stereocenters. The Labute approximate surface area is 128 Å². The summed E-state index contributed by atoms with van der Waals surface area (Å²) >= 11 is 0. The van der Waals surface area contributed by atoms with Crippen LogP contribution >= 0.6 is 12.4 Å². The summed E-state index contributed by atoms with van der Waals surface area (Å²) in [5.41, 5.74) is 5.40. The summed E-state index contributed by atoms with van der Waals surface area (Å²) in [6.45, 7) is 6.54. The maximum Gasteiger partial charge on any atom is 0.225 e. The second-order valence-electron chi connectivity index (χ2n) is 5.37. The fourth-order valence-electron chi connectivity index (χ4n) is 2.34. The lowest BCUT2D eigenvalue weighted by Crippen LogP contribution is -2.47. The number of nitrogens with one attached hydrogen (secondary N) is 1. The fourth-order valence-corrected chi connectivity index (χ4v) is 2.34. The van der Waals surface area contributed by atoms with Gasteiger partial charge >= 0.3 is 0 Å². The lowest BCUT2D eigenvalue weighted by Gasteiger charge is -2.33. The third-order valence-electron chi connectivity index (χ3n) is 3.82. The van der Waals surface area contributed by atoms with Crippen LogP contribution in [0, 0.1) is 11.8 Å². The van der Waals surface area contributed by atoms with Crippen LogP contribution in [-0.2, 0) is 9.59 Å². The minimum atomic E-state index is -0.0560. The molecule has 1 saturated heterocycles. The third-order valence-corrected chi connectivity index (χ3v) is 3.82. The number of rotatable bonds is 6. The van der Waals surface area contributed by atoms with Gasteiger partial charge < -0.3 is 16.0 Å². The average Bonchev–Trinajstić information content (AvgIpc) is 2.45. The van der Waals surface area contributed by atoms with Crippen LogP contribution in [0.5, 0.6) is 0 Å². The number of amides is 2. The smallest absolute Gasteiger partial charge is 0.225 e.